The summed E-state index contributed by atoms with van der Waals surface area (Å²) in [4.78, 5) is 20.8. The summed E-state index contributed by atoms with van der Waals surface area (Å²) < 4.78 is 38.2. The molecule has 0 bridgehead atoms. The van der Waals surface area contributed by atoms with Crippen molar-refractivity contribution in [3.05, 3.63) is 33.9 Å². The first-order chi connectivity index (χ1) is 9.75. The fraction of sp³-hybridized carbons (Fsp3) is 0.417. The Morgan fingerprint density at radius 3 is 2.57 bits per heavy atom. The van der Waals surface area contributed by atoms with E-state index in [2.05, 4.69) is 10.6 Å². The number of carbonyl (C=O) groups excluding carboxylic acids is 1. The van der Waals surface area contributed by atoms with Gasteiger partial charge >= 0.3 is 6.18 Å². The maximum atomic E-state index is 12.7. The van der Waals surface area contributed by atoms with Crippen molar-refractivity contribution >= 4 is 17.3 Å². The summed E-state index contributed by atoms with van der Waals surface area (Å²) >= 11 is 0. The number of benzene rings is 1. The average Bonchev–Trinajstić information content (AvgIpc) is 2.41. The SMILES string of the molecule is CCCNC(=O)CNc1ccc([N+](=O)[O-])c(C(F)(F)F)c1. The Balaban J connectivity index is 2.86. The number of nitrogens with one attached hydrogen (secondary N) is 2. The molecule has 0 spiro atoms. The molecular weight excluding hydrogens is 291 g/mol. The highest BCUT2D eigenvalue weighted by Gasteiger charge is 2.38. The molecule has 0 aliphatic carbocycles. The molecule has 0 saturated heterocycles. The van der Waals surface area contributed by atoms with Gasteiger partial charge in [-0.3, -0.25) is 14.9 Å². The summed E-state index contributed by atoms with van der Waals surface area (Å²) in [7, 11) is 0. The van der Waals surface area contributed by atoms with E-state index in [-0.39, 0.29) is 18.1 Å². The summed E-state index contributed by atoms with van der Waals surface area (Å²) in [5.74, 6) is -0.372. The van der Waals surface area contributed by atoms with Gasteiger partial charge in [-0.15, -0.1) is 0 Å². The standard InChI is InChI=1S/C12H14F3N3O3/c1-2-5-16-11(19)7-17-8-3-4-10(18(20)21)9(6-8)12(13,14)15/h3-4,6,17H,2,5,7H2,1H3,(H,16,19). The van der Waals surface area contributed by atoms with Crippen LogP contribution in [-0.4, -0.2) is 23.9 Å². The van der Waals surface area contributed by atoms with Gasteiger partial charge in [-0.25, -0.2) is 0 Å². The van der Waals surface area contributed by atoms with E-state index >= 15 is 0 Å². The van der Waals surface area contributed by atoms with E-state index in [9.17, 15) is 28.1 Å². The number of carbonyl (C=O) groups is 1. The minimum Gasteiger partial charge on any atom is -0.376 e. The molecular formula is C12H14F3N3O3. The molecule has 6 nitrogen and oxygen atoms in total. The number of alkyl halides is 3. The normalized spacial score (nSPS) is 11.0. The van der Waals surface area contributed by atoms with Crippen molar-refractivity contribution in [1.82, 2.24) is 5.32 Å². The smallest absolute Gasteiger partial charge is 0.376 e. The maximum Gasteiger partial charge on any atom is 0.423 e. The topological polar surface area (TPSA) is 84.3 Å². The molecule has 0 radical (unpaired) electrons. The van der Waals surface area contributed by atoms with Crippen molar-refractivity contribution in [2.75, 3.05) is 18.4 Å². The monoisotopic (exact) mass is 305 g/mol. The number of amides is 1. The molecule has 0 aromatic heterocycles. The number of halogens is 3. The zero-order valence-electron chi connectivity index (χ0n) is 11.2. The second-order valence-corrected chi connectivity index (χ2v) is 4.19. The van der Waals surface area contributed by atoms with Crippen molar-refractivity contribution in [2.45, 2.75) is 19.5 Å². The number of nitro benzene ring substituents is 1. The molecule has 1 amide bonds. The van der Waals surface area contributed by atoms with E-state index in [0.29, 0.717) is 12.6 Å². The van der Waals surface area contributed by atoms with Crippen LogP contribution >= 0.6 is 0 Å². The van der Waals surface area contributed by atoms with Crippen molar-refractivity contribution in [2.24, 2.45) is 0 Å². The van der Waals surface area contributed by atoms with Crippen LogP contribution < -0.4 is 10.6 Å². The Hall–Kier alpha value is -2.32. The van der Waals surface area contributed by atoms with Gasteiger partial charge in [0, 0.05) is 18.3 Å². The van der Waals surface area contributed by atoms with E-state index in [1.54, 1.807) is 0 Å². The third kappa shape index (κ3) is 4.93. The molecule has 0 fully saturated rings. The van der Waals surface area contributed by atoms with Gasteiger partial charge < -0.3 is 10.6 Å². The first-order valence-electron chi connectivity index (χ1n) is 6.12. The first-order valence-corrected chi connectivity index (χ1v) is 6.12. The Kier molecular flexibility index (Phi) is 5.51. The van der Waals surface area contributed by atoms with Crippen LogP contribution in [0.1, 0.15) is 18.9 Å². The molecule has 0 aliphatic rings. The van der Waals surface area contributed by atoms with E-state index in [1.807, 2.05) is 6.92 Å². The molecule has 21 heavy (non-hydrogen) atoms. The highest BCUT2D eigenvalue weighted by molar-refractivity contribution is 5.80. The lowest BCUT2D eigenvalue weighted by atomic mass is 10.1. The number of hydrogen-bond acceptors (Lipinski definition) is 4. The summed E-state index contributed by atoms with van der Waals surface area (Å²) in [6.07, 6.45) is -4.11. The molecule has 0 heterocycles. The number of rotatable bonds is 6. The average molecular weight is 305 g/mol. The lowest BCUT2D eigenvalue weighted by Crippen LogP contribution is -2.30. The third-order valence-corrected chi connectivity index (χ3v) is 2.52. The van der Waals surface area contributed by atoms with Gasteiger partial charge in [-0.1, -0.05) is 6.92 Å². The predicted octanol–water partition coefficient (Wildman–Crippen LogP) is 2.55. The lowest BCUT2D eigenvalue weighted by molar-refractivity contribution is -0.388. The lowest BCUT2D eigenvalue weighted by Gasteiger charge is -2.11. The second-order valence-electron chi connectivity index (χ2n) is 4.19. The van der Waals surface area contributed by atoms with E-state index in [0.717, 1.165) is 18.6 Å². The fourth-order valence-corrected chi connectivity index (χ4v) is 1.54. The summed E-state index contributed by atoms with van der Waals surface area (Å²) in [6, 6.07) is 2.50. The molecule has 9 heteroatoms. The van der Waals surface area contributed by atoms with Crippen molar-refractivity contribution in [3.63, 3.8) is 0 Å². The fourth-order valence-electron chi connectivity index (χ4n) is 1.54. The maximum absolute atomic E-state index is 12.7. The minimum atomic E-state index is -4.84. The van der Waals surface area contributed by atoms with Gasteiger partial charge in [0.25, 0.3) is 5.69 Å². The van der Waals surface area contributed by atoms with Crippen LogP contribution in [0.25, 0.3) is 0 Å². The zero-order valence-corrected chi connectivity index (χ0v) is 11.2. The number of anilines is 1. The number of nitro groups is 1. The zero-order chi connectivity index (χ0) is 16.0. The van der Waals surface area contributed by atoms with Gasteiger partial charge in [0.1, 0.15) is 5.56 Å². The van der Waals surface area contributed by atoms with Crippen LogP contribution in [-0.2, 0) is 11.0 Å². The van der Waals surface area contributed by atoms with E-state index in [4.69, 9.17) is 0 Å². The summed E-state index contributed by atoms with van der Waals surface area (Å²) in [5.41, 5.74) is -2.39. The molecule has 1 rings (SSSR count). The Bertz CT molecular complexity index is 532. The number of hydrogen-bond donors (Lipinski definition) is 2. The van der Waals surface area contributed by atoms with Gasteiger partial charge in [0.2, 0.25) is 5.91 Å². The van der Waals surface area contributed by atoms with Gasteiger partial charge in [0.05, 0.1) is 11.5 Å². The molecule has 0 atom stereocenters. The van der Waals surface area contributed by atoms with Crippen LogP contribution in [0, 0.1) is 10.1 Å². The highest BCUT2D eigenvalue weighted by Crippen LogP contribution is 2.37. The predicted molar refractivity (Wildman–Crippen MR) is 69.9 cm³/mol. The summed E-state index contributed by atoms with van der Waals surface area (Å²) in [5, 5.41) is 15.6. The highest BCUT2D eigenvalue weighted by atomic mass is 19.4. The second kappa shape index (κ2) is 6.91. The summed E-state index contributed by atoms with van der Waals surface area (Å²) in [6.45, 7) is 2.11. The van der Waals surface area contributed by atoms with E-state index in [1.165, 1.54) is 0 Å². The Morgan fingerprint density at radius 1 is 1.38 bits per heavy atom. The molecule has 116 valence electrons. The third-order valence-electron chi connectivity index (χ3n) is 2.52. The van der Waals surface area contributed by atoms with Crippen LogP contribution in [0.15, 0.2) is 18.2 Å². The Morgan fingerprint density at radius 2 is 2.05 bits per heavy atom. The molecule has 1 aromatic carbocycles. The van der Waals surface area contributed by atoms with E-state index < -0.39 is 22.4 Å². The van der Waals surface area contributed by atoms with Crippen LogP contribution in [0.5, 0.6) is 0 Å². The van der Waals surface area contributed by atoms with Crippen LogP contribution in [0.2, 0.25) is 0 Å². The van der Waals surface area contributed by atoms with Gasteiger partial charge in [0.15, 0.2) is 0 Å². The van der Waals surface area contributed by atoms with Crippen molar-refractivity contribution < 1.29 is 22.9 Å². The van der Waals surface area contributed by atoms with Gasteiger partial charge in [-0.2, -0.15) is 13.2 Å². The largest absolute Gasteiger partial charge is 0.423 e. The first kappa shape index (κ1) is 16.7. The van der Waals surface area contributed by atoms with Gasteiger partial charge in [-0.05, 0) is 18.6 Å². The molecule has 0 aliphatic heterocycles. The molecule has 0 saturated carbocycles. The quantitative estimate of drug-likeness (QED) is 0.625. The van der Waals surface area contributed by atoms with Crippen LogP contribution in [0.3, 0.4) is 0 Å². The van der Waals surface area contributed by atoms with Crippen molar-refractivity contribution in [1.29, 1.82) is 0 Å². The molecule has 1 aromatic rings. The Labute approximate surface area is 118 Å². The molecule has 0 unspecified atom stereocenters. The van der Waals surface area contributed by atoms with Crippen molar-refractivity contribution in [3.8, 4) is 0 Å². The number of nitrogens with zero attached hydrogens (tertiary/aromatic N) is 1. The van der Waals surface area contributed by atoms with Crippen LogP contribution in [0.4, 0.5) is 24.5 Å². The minimum absolute atomic E-state index is 0.0143. The molecule has 2 N–H and O–H groups in total.